The van der Waals surface area contributed by atoms with Crippen molar-refractivity contribution < 1.29 is 14.7 Å². The molecule has 4 rings (SSSR count). The Hall–Kier alpha value is -2.66. The Balaban J connectivity index is 1.38. The molecular weight excluding hydrogens is 352 g/mol. The quantitative estimate of drug-likeness (QED) is 0.868. The molecule has 1 N–H and O–H groups in total. The molecule has 0 aliphatic carbocycles. The fraction of sp³-hybridized carbons (Fsp3) is 0.391. The highest BCUT2D eigenvalue weighted by molar-refractivity contribution is 5.94. The van der Waals surface area contributed by atoms with Crippen LogP contribution in [0.2, 0.25) is 0 Å². The van der Waals surface area contributed by atoms with Gasteiger partial charge in [-0.1, -0.05) is 48.5 Å². The first kappa shape index (κ1) is 18.7. The SMILES string of the molecule is O=C(CCc1ccccc1)N1C[C@H]2CN(C(=O)c3ccccc3)C[C@@]2(CO)C1. The molecule has 2 saturated heterocycles. The first-order valence-corrected chi connectivity index (χ1v) is 9.88. The van der Waals surface area contributed by atoms with Crippen molar-refractivity contribution in [2.75, 3.05) is 32.8 Å². The van der Waals surface area contributed by atoms with Gasteiger partial charge in [0, 0.05) is 49.5 Å². The number of rotatable bonds is 5. The molecule has 5 heteroatoms. The lowest BCUT2D eigenvalue weighted by Crippen LogP contribution is -2.40. The zero-order chi connectivity index (χ0) is 19.6. The van der Waals surface area contributed by atoms with Crippen LogP contribution in [0.1, 0.15) is 22.3 Å². The molecule has 2 aromatic rings. The van der Waals surface area contributed by atoms with E-state index >= 15 is 0 Å². The number of benzene rings is 2. The summed E-state index contributed by atoms with van der Waals surface area (Å²) in [5.41, 5.74) is 1.44. The highest BCUT2D eigenvalue weighted by Gasteiger charge is 2.54. The van der Waals surface area contributed by atoms with Crippen LogP contribution in [0.4, 0.5) is 0 Å². The summed E-state index contributed by atoms with van der Waals surface area (Å²) in [5, 5.41) is 10.1. The van der Waals surface area contributed by atoms with Crippen molar-refractivity contribution in [3.8, 4) is 0 Å². The second kappa shape index (κ2) is 7.76. The third-order valence-corrected chi connectivity index (χ3v) is 6.20. The van der Waals surface area contributed by atoms with Crippen LogP contribution in [0.25, 0.3) is 0 Å². The van der Waals surface area contributed by atoms with E-state index in [0.29, 0.717) is 38.2 Å². The number of aryl methyl sites for hydroxylation is 1. The van der Waals surface area contributed by atoms with Crippen LogP contribution in [0.5, 0.6) is 0 Å². The van der Waals surface area contributed by atoms with Crippen LogP contribution >= 0.6 is 0 Å². The Morgan fingerprint density at radius 2 is 1.54 bits per heavy atom. The fourth-order valence-electron chi connectivity index (χ4n) is 4.57. The molecule has 0 aromatic heterocycles. The Morgan fingerprint density at radius 3 is 2.18 bits per heavy atom. The summed E-state index contributed by atoms with van der Waals surface area (Å²) < 4.78 is 0. The number of likely N-dealkylation sites (tertiary alicyclic amines) is 2. The van der Waals surface area contributed by atoms with Crippen molar-refractivity contribution in [3.05, 3.63) is 71.8 Å². The molecule has 28 heavy (non-hydrogen) atoms. The second-order valence-corrected chi connectivity index (χ2v) is 8.03. The number of carbonyl (C=O) groups excluding carboxylic acids is 2. The van der Waals surface area contributed by atoms with Crippen molar-refractivity contribution in [2.24, 2.45) is 11.3 Å². The summed E-state index contributed by atoms with van der Waals surface area (Å²) in [6.45, 7) is 2.24. The zero-order valence-electron chi connectivity index (χ0n) is 16.0. The van der Waals surface area contributed by atoms with Gasteiger partial charge in [0.1, 0.15) is 0 Å². The van der Waals surface area contributed by atoms with Gasteiger partial charge in [-0.15, -0.1) is 0 Å². The Morgan fingerprint density at radius 1 is 0.929 bits per heavy atom. The van der Waals surface area contributed by atoms with E-state index in [0.717, 1.165) is 12.0 Å². The zero-order valence-corrected chi connectivity index (χ0v) is 16.0. The summed E-state index contributed by atoms with van der Waals surface area (Å²) >= 11 is 0. The van der Waals surface area contributed by atoms with E-state index in [4.69, 9.17) is 0 Å². The molecule has 0 bridgehead atoms. The average Bonchev–Trinajstić information content (AvgIpc) is 3.28. The van der Waals surface area contributed by atoms with Crippen LogP contribution in [0.15, 0.2) is 60.7 Å². The summed E-state index contributed by atoms with van der Waals surface area (Å²) in [4.78, 5) is 29.2. The van der Waals surface area contributed by atoms with Gasteiger partial charge in [-0.25, -0.2) is 0 Å². The first-order valence-electron chi connectivity index (χ1n) is 9.88. The summed E-state index contributed by atoms with van der Waals surface area (Å²) in [6.07, 6.45) is 1.20. The third-order valence-electron chi connectivity index (χ3n) is 6.20. The molecule has 146 valence electrons. The van der Waals surface area contributed by atoms with Crippen LogP contribution < -0.4 is 0 Å². The molecule has 2 amide bonds. The number of fused-ring (bicyclic) bond motifs is 1. The van der Waals surface area contributed by atoms with Gasteiger partial charge < -0.3 is 14.9 Å². The Kier molecular flexibility index (Phi) is 5.18. The van der Waals surface area contributed by atoms with Gasteiger partial charge >= 0.3 is 0 Å². The Labute approximate surface area is 165 Å². The van der Waals surface area contributed by atoms with Crippen molar-refractivity contribution in [1.29, 1.82) is 0 Å². The lowest BCUT2D eigenvalue weighted by Gasteiger charge is -2.27. The van der Waals surface area contributed by atoms with E-state index in [1.165, 1.54) is 0 Å². The lowest BCUT2D eigenvalue weighted by atomic mass is 9.82. The van der Waals surface area contributed by atoms with Crippen molar-refractivity contribution in [2.45, 2.75) is 12.8 Å². The van der Waals surface area contributed by atoms with E-state index in [1.54, 1.807) is 0 Å². The van der Waals surface area contributed by atoms with Crippen LogP contribution in [0, 0.1) is 11.3 Å². The number of aliphatic hydroxyl groups is 1. The third kappa shape index (κ3) is 3.54. The number of hydrogen-bond acceptors (Lipinski definition) is 3. The van der Waals surface area contributed by atoms with E-state index in [2.05, 4.69) is 0 Å². The predicted octanol–water partition coefficient (Wildman–Crippen LogP) is 2.21. The minimum atomic E-state index is -0.396. The maximum absolute atomic E-state index is 12.8. The maximum Gasteiger partial charge on any atom is 0.253 e. The lowest BCUT2D eigenvalue weighted by molar-refractivity contribution is -0.130. The molecule has 2 atom stereocenters. The van der Waals surface area contributed by atoms with Gasteiger partial charge in [-0.3, -0.25) is 9.59 Å². The average molecular weight is 378 g/mol. The summed E-state index contributed by atoms with van der Waals surface area (Å²) in [7, 11) is 0. The molecule has 2 fully saturated rings. The molecule has 0 radical (unpaired) electrons. The molecule has 0 saturated carbocycles. The van der Waals surface area contributed by atoms with Crippen LogP contribution in [-0.2, 0) is 11.2 Å². The topological polar surface area (TPSA) is 60.9 Å². The maximum atomic E-state index is 12.8. The highest BCUT2D eigenvalue weighted by atomic mass is 16.3. The van der Waals surface area contributed by atoms with E-state index in [-0.39, 0.29) is 24.3 Å². The summed E-state index contributed by atoms with van der Waals surface area (Å²) in [6, 6.07) is 19.3. The van der Waals surface area contributed by atoms with Gasteiger partial charge in [0.25, 0.3) is 5.91 Å². The molecule has 2 aliphatic rings. The number of amides is 2. The molecule has 2 aromatic carbocycles. The minimum absolute atomic E-state index is 0.00129. The van der Waals surface area contributed by atoms with Gasteiger partial charge in [-0.2, -0.15) is 0 Å². The first-order chi connectivity index (χ1) is 13.6. The molecule has 2 heterocycles. The monoisotopic (exact) mass is 378 g/mol. The molecular formula is C23H26N2O3. The van der Waals surface area contributed by atoms with Crippen molar-refractivity contribution >= 4 is 11.8 Å². The minimum Gasteiger partial charge on any atom is -0.396 e. The Bertz CT molecular complexity index is 839. The van der Waals surface area contributed by atoms with Gasteiger partial charge in [0.05, 0.1) is 6.61 Å². The van der Waals surface area contributed by atoms with E-state index in [1.807, 2.05) is 70.5 Å². The summed E-state index contributed by atoms with van der Waals surface area (Å²) in [5.74, 6) is 0.266. The van der Waals surface area contributed by atoms with Crippen LogP contribution in [0.3, 0.4) is 0 Å². The van der Waals surface area contributed by atoms with Gasteiger partial charge in [0.2, 0.25) is 5.91 Å². The smallest absolute Gasteiger partial charge is 0.253 e. The van der Waals surface area contributed by atoms with Crippen molar-refractivity contribution in [1.82, 2.24) is 9.80 Å². The molecule has 0 unspecified atom stereocenters. The van der Waals surface area contributed by atoms with Crippen LogP contribution in [-0.4, -0.2) is 59.5 Å². The van der Waals surface area contributed by atoms with E-state index < -0.39 is 5.41 Å². The number of aliphatic hydroxyl groups excluding tert-OH is 1. The van der Waals surface area contributed by atoms with Crippen molar-refractivity contribution in [3.63, 3.8) is 0 Å². The molecule has 0 spiro atoms. The van der Waals surface area contributed by atoms with Gasteiger partial charge in [-0.05, 0) is 24.1 Å². The predicted molar refractivity (Wildman–Crippen MR) is 107 cm³/mol. The number of hydrogen-bond donors (Lipinski definition) is 1. The normalized spacial score (nSPS) is 23.7. The van der Waals surface area contributed by atoms with E-state index in [9.17, 15) is 14.7 Å². The second-order valence-electron chi connectivity index (χ2n) is 8.03. The number of carbonyl (C=O) groups is 2. The molecule has 5 nitrogen and oxygen atoms in total. The fourth-order valence-corrected chi connectivity index (χ4v) is 4.57. The standard InChI is InChI=1S/C23H26N2O3/c26-17-23-15-24(21(27)12-11-18-7-3-1-4-8-18)13-20(23)14-25(16-23)22(28)19-9-5-2-6-10-19/h1-10,20,26H,11-17H2/t20-,23+/m0/s1. The highest BCUT2D eigenvalue weighted by Crippen LogP contribution is 2.42. The van der Waals surface area contributed by atoms with Gasteiger partial charge in [0.15, 0.2) is 0 Å². The number of nitrogens with zero attached hydrogens (tertiary/aromatic N) is 2. The largest absolute Gasteiger partial charge is 0.396 e. The molecule has 2 aliphatic heterocycles.